The highest BCUT2D eigenvalue weighted by atomic mass is 16.7. The summed E-state index contributed by atoms with van der Waals surface area (Å²) in [5.74, 6) is -0.599. The van der Waals surface area contributed by atoms with Gasteiger partial charge in [0.05, 0.1) is 25.7 Å². The summed E-state index contributed by atoms with van der Waals surface area (Å²) in [4.78, 5) is 0.682. The Kier molecular flexibility index (Phi) is 6.16. The van der Waals surface area contributed by atoms with Gasteiger partial charge in [0.25, 0.3) is 0 Å². The molecule has 0 saturated carbocycles. The van der Waals surface area contributed by atoms with Crippen LogP contribution in [-0.2, 0) is 9.47 Å². The Balaban J connectivity index is 1.74. The zero-order chi connectivity index (χ0) is 19.2. The fourth-order valence-electron chi connectivity index (χ4n) is 4.52. The summed E-state index contributed by atoms with van der Waals surface area (Å²) in [5, 5.41) is 78.6. The molecule has 1 unspecified atom stereocenters. The van der Waals surface area contributed by atoms with Crippen LogP contribution in [0, 0.1) is 5.92 Å². The number of rotatable bonds is 5. The molecule has 3 aliphatic rings. The number of fused-ring (bicyclic) bond motifs is 1. The van der Waals surface area contributed by atoms with E-state index in [1.807, 2.05) is 0 Å². The molecule has 0 aromatic heterocycles. The van der Waals surface area contributed by atoms with Gasteiger partial charge in [-0.05, 0) is 0 Å². The van der Waals surface area contributed by atoms with Crippen molar-refractivity contribution in [2.75, 3.05) is 26.4 Å². The maximum atomic E-state index is 10.3. The second-order valence-electron chi connectivity index (χ2n) is 7.29. The summed E-state index contributed by atoms with van der Waals surface area (Å²) in [6, 6.07) is -1.20. The molecule has 0 bridgehead atoms. The Labute approximate surface area is 149 Å². The lowest BCUT2D eigenvalue weighted by Gasteiger charge is -2.40. The quantitative estimate of drug-likeness (QED) is 0.221. The Morgan fingerprint density at radius 1 is 0.808 bits per heavy atom. The van der Waals surface area contributed by atoms with Crippen LogP contribution < -0.4 is 4.90 Å². The van der Waals surface area contributed by atoms with Gasteiger partial charge in [-0.25, -0.2) is 0 Å². The van der Waals surface area contributed by atoms with Crippen LogP contribution in [0.2, 0.25) is 0 Å². The molecule has 11 heteroatoms. The smallest absolute Gasteiger partial charge is 0.187 e. The van der Waals surface area contributed by atoms with E-state index in [0.717, 1.165) is 0 Å². The van der Waals surface area contributed by atoms with Gasteiger partial charge in [0.15, 0.2) is 6.29 Å². The van der Waals surface area contributed by atoms with Crippen LogP contribution >= 0.6 is 0 Å². The van der Waals surface area contributed by atoms with Crippen molar-refractivity contribution in [2.24, 2.45) is 5.92 Å². The van der Waals surface area contributed by atoms with E-state index in [0.29, 0.717) is 4.90 Å². The van der Waals surface area contributed by atoms with Gasteiger partial charge < -0.3 is 55.2 Å². The van der Waals surface area contributed by atoms with Crippen LogP contribution in [0.5, 0.6) is 0 Å². The Morgan fingerprint density at radius 2 is 1.50 bits per heavy atom. The van der Waals surface area contributed by atoms with Crippen molar-refractivity contribution in [1.82, 2.24) is 0 Å². The molecule has 0 spiro atoms. The normalized spacial score (nSPS) is 54.5. The first-order valence-electron chi connectivity index (χ1n) is 8.75. The summed E-state index contributed by atoms with van der Waals surface area (Å²) in [6.07, 6.45) is -10.1. The fourth-order valence-corrected chi connectivity index (χ4v) is 4.52. The van der Waals surface area contributed by atoms with Crippen molar-refractivity contribution in [3.05, 3.63) is 0 Å². The van der Waals surface area contributed by atoms with Gasteiger partial charge in [-0.2, -0.15) is 0 Å². The summed E-state index contributed by atoms with van der Waals surface area (Å²) >= 11 is 0. The van der Waals surface area contributed by atoms with Gasteiger partial charge >= 0.3 is 0 Å². The molecule has 0 amide bonds. The molecule has 152 valence electrons. The molecule has 3 saturated heterocycles. The minimum absolute atomic E-state index is 0.226. The van der Waals surface area contributed by atoms with E-state index in [2.05, 4.69) is 0 Å². The van der Waals surface area contributed by atoms with Crippen molar-refractivity contribution >= 4 is 0 Å². The average Bonchev–Trinajstić information content (AvgIpc) is 3.09. The Morgan fingerprint density at radius 3 is 2.08 bits per heavy atom. The second kappa shape index (κ2) is 7.89. The topological polar surface area (TPSA) is 185 Å². The van der Waals surface area contributed by atoms with E-state index in [9.17, 15) is 40.9 Å². The number of quaternary nitrogens is 1. The molecule has 3 heterocycles. The molecule has 0 aromatic rings. The predicted octanol–water partition coefficient (Wildman–Crippen LogP) is -6.86. The van der Waals surface area contributed by atoms with Gasteiger partial charge in [0.2, 0.25) is 0 Å². The molecule has 3 rings (SSSR count). The number of hydrogen-bond acceptors (Lipinski definition) is 10. The largest absolute Gasteiger partial charge is 0.396 e. The van der Waals surface area contributed by atoms with Gasteiger partial charge in [-0.1, -0.05) is 0 Å². The van der Waals surface area contributed by atoms with Crippen LogP contribution in [0.15, 0.2) is 0 Å². The third-order valence-electron chi connectivity index (χ3n) is 5.98. The second-order valence-corrected chi connectivity index (χ2v) is 7.29. The van der Waals surface area contributed by atoms with Crippen LogP contribution in [0.3, 0.4) is 0 Å². The van der Waals surface area contributed by atoms with E-state index in [1.165, 1.54) is 0 Å². The molecule has 26 heavy (non-hydrogen) atoms. The SMILES string of the molecule is OC[C@H]1[C@@H]2[C@@H](O)[C@H](O)[C@@H](CO)[NH+]2C[C@@H]1O[C@H]1O[C@H](CO)[C@@H](O)[C@H](O)[C@H]1O. The van der Waals surface area contributed by atoms with E-state index in [-0.39, 0.29) is 19.8 Å². The Bertz CT molecular complexity index is 481. The minimum Gasteiger partial charge on any atom is -0.396 e. The maximum absolute atomic E-state index is 10.3. The predicted molar refractivity (Wildman–Crippen MR) is 81.7 cm³/mol. The monoisotopic (exact) mass is 382 g/mol. The number of hydrogen-bond donors (Lipinski definition) is 9. The summed E-state index contributed by atoms with van der Waals surface area (Å²) in [5.41, 5.74) is 0. The first-order chi connectivity index (χ1) is 12.3. The zero-order valence-electron chi connectivity index (χ0n) is 14.1. The number of nitrogens with one attached hydrogen (secondary N) is 1. The minimum atomic E-state index is -1.58. The molecule has 0 aromatic carbocycles. The van der Waals surface area contributed by atoms with Gasteiger partial charge in [0, 0.05) is 0 Å². The molecular weight excluding hydrogens is 354 g/mol. The van der Waals surface area contributed by atoms with E-state index in [4.69, 9.17) is 9.47 Å². The first kappa shape index (κ1) is 20.3. The summed E-state index contributed by atoms with van der Waals surface area (Å²) < 4.78 is 11.0. The fraction of sp³-hybridized carbons (Fsp3) is 1.00. The average molecular weight is 382 g/mol. The number of ether oxygens (including phenoxy) is 2. The van der Waals surface area contributed by atoms with E-state index >= 15 is 0 Å². The van der Waals surface area contributed by atoms with E-state index in [1.54, 1.807) is 0 Å². The van der Waals surface area contributed by atoms with Gasteiger partial charge in [-0.3, -0.25) is 0 Å². The van der Waals surface area contributed by atoms with Crippen molar-refractivity contribution in [1.29, 1.82) is 0 Å². The van der Waals surface area contributed by atoms with Crippen LogP contribution in [0.25, 0.3) is 0 Å². The highest BCUT2D eigenvalue weighted by molar-refractivity contribution is 4.98. The third-order valence-corrected chi connectivity index (χ3v) is 5.98. The molecule has 0 aliphatic carbocycles. The number of aliphatic hydroxyl groups excluding tert-OH is 8. The summed E-state index contributed by atoms with van der Waals surface area (Å²) in [7, 11) is 0. The lowest BCUT2D eigenvalue weighted by Crippen LogP contribution is -3.17. The highest BCUT2D eigenvalue weighted by Gasteiger charge is 2.61. The molecule has 11 nitrogen and oxygen atoms in total. The molecule has 3 aliphatic heterocycles. The van der Waals surface area contributed by atoms with Crippen molar-refractivity contribution in [2.45, 2.75) is 61.1 Å². The van der Waals surface area contributed by atoms with Gasteiger partial charge in [-0.15, -0.1) is 0 Å². The summed E-state index contributed by atoms with van der Waals surface area (Å²) in [6.45, 7) is -1.08. The molecule has 3 fully saturated rings. The van der Waals surface area contributed by atoms with Crippen LogP contribution in [0.1, 0.15) is 0 Å². The van der Waals surface area contributed by atoms with Crippen LogP contribution in [-0.4, -0.2) is 128 Å². The van der Waals surface area contributed by atoms with Crippen LogP contribution in [0.4, 0.5) is 0 Å². The standard InChI is InChI=1S/C15H27NO10/c17-2-5-7(1-16-6(3-18)10(20)12(22)9(5)16)25-15-14(24)13(23)11(21)8(4-19)26-15/h5-15,17-24H,1-4H2/p+1/t5-,6-,7+,8-,9-,10-,11-,12-,13+,14-,15+/m1/s1. The molecule has 0 radical (unpaired) electrons. The molecular formula is C15H28NO10+. The lowest BCUT2D eigenvalue weighted by atomic mass is 9.93. The zero-order valence-corrected chi connectivity index (χ0v) is 14.1. The van der Waals surface area contributed by atoms with Crippen molar-refractivity contribution in [3.63, 3.8) is 0 Å². The lowest BCUT2D eigenvalue weighted by molar-refractivity contribution is -0.929. The highest BCUT2D eigenvalue weighted by Crippen LogP contribution is 2.29. The van der Waals surface area contributed by atoms with Crippen molar-refractivity contribution in [3.8, 4) is 0 Å². The van der Waals surface area contributed by atoms with E-state index < -0.39 is 73.6 Å². The number of aliphatic hydroxyl groups is 8. The van der Waals surface area contributed by atoms with Gasteiger partial charge in [0.1, 0.15) is 61.4 Å². The maximum Gasteiger partial charge on any atom is 0.187 e. The Hall–Kier alpha value is -0.440. The molecule has 9 N–H and O–H groups in total. The molecule has 12 atom stereocenters. The first-order valence-corrected chi connectivity index (χ1v) is 8.75. The van der Waals surface area contributed by atoms with Crippen molar-refractivity contribution < 1.29 is 55.2 Å². The third kappa shape index (κ3) is 3.16.